The van der Waals surface area contributed by atoms with Crippen LogP contribution in [0.1, 0.15) is 54.5 Å². The van der Waals surface area contributed by atoms with E-state index < -0.39 is 6.04 Å². The van der Waals surface area contributed by atoms with Crippen LogP contribution in [0.3, 0.4) is 0 Å². The summed E-state index contributed by atoms with van der Waals surface area (Å²) in [5.74, 6) is 0.312. The van der Waals surface area contributed by atoms with Crippen molar-refractivity contribution in [2.45, 2.75) is 39.7 Å². The molecule has 0 bridgehead atoms. The van der Waals surface area contributed by atoms with E-state index >= 15 is 0 Å². The molecule has 1 aromatic heterocycles. The second-order valence-electron chi connectivity index (χ2n) is 8.62. The molecule has 0 N–H and O–H groups in total. The number of fused-ring (bicyclic) bond motifs is 1. The zero-order chi connectivity index (χ0) is 25.1. The number of nitrogens with zero attached hydrogens (tertiary/aromatic N) is 3. The third-order valence-electron chi connectivity index (χ3n) is 6.08. The number of hydrogen-bond donors (Lipinski definition) is 0. The van der Waals surface area contributed by atoms with Crippen LogP contribution in [-0.4, -0.2) is 26.9 Å². The number of para-hydroxylation sites is 1. The molecule has 3 aromatic carbocycles. The van der Waals surface area contributed by atoms with Crippen LogP contribution in [0.5, 0.6) is 0 Å². The highest BCUT2D eigenvalue weighted by Gasteiger charge is 2.27. The standard InChI is InChI=1S/C28H27Cl2N3O2/c1-4-5-15-32(27(34)20-13-14-23(29)24(30)17-20)19(3)26-31-25-12-7-6-11-22(25)28(35)33(26)21-10-8-9-18(2)16-21/h6-14,16-17,19H,4-5,15H2,1-3H3. The molecule has 1 amide bonds. The smallest absolute Gasteiger partial charge is 0.266 e. The molecule has 0 spiro atoms. The molecule has 0 fully saturated rings. The highest BCUT2D eigenvalue weighted by Crippen LogP contribution is 2.28. The number of halogens is 2. The first kappa shape index (κ1) is 25.0. The fourth-order valence-corrected chi connectivity index (χ4v) is 4.48. The van der Waals surface area contributed by atoms with Crippen molar-refractivity contribution >= 4 is 40.0 Å². The largest absolute Gasteiger partial charge is 0.329 e. The van der Waals surface area contributed by atoms with Crippen molar-refractivity contribution in [1.29, 1.82) is 0 Å². The van der Waals surface area contributed by atoms with Crippen LogP contribution in [0.25, 0.3) is 16.6 Å². The summed E-state index contributed by atoms with van der Waals surface area (Å²) in [5, 5.41) is 1.24. The Labute approximate surface area is 214 Å². The van der Waals surface area contributed by atoms with Gasteiger partial charge in [0.05, 0.1) is 32.7 Å². The van der Waals surface area contributed by atoms with Crippen LogP contribution >= 0.6 is 23.2 Å². The molecule has 0 radical (unpaired) electrons. The topological polar surface area (TPSA) is 55.2 Å². The lowest BCUT2D eigenvalue weighted by atomic mass is 10.1. The molecule has 0 saturated heterocycles. The predicted octanol–water partition coefficient (Wildman–Crippen LogP) is 7.00. The van der Waals surface area contributed by atoms with E-state index in [1.54, 1.807) is 33.7 Å². The third-order valence-corrected chi connectivity index (χ3v) is 6.82. The van der Waals surface area contributed by atoms with Crippen molar-refractivity contribution in [2.75, 3.05) is 6.54 Å². The van der Waals surface area contributed by atoms with E-state index in [9.17, 15) is 9.59 Å². The summed E-state index contributed by atoms with van der Waals surface area (Å²) in [5.41, 5.74) is 2.61. The monoisotopic (exact) mass is 507 g/mol. The fourth-order valence-electron chi connectivity index (χ4n) is 4.18. The number of benzene rings is 3. The van der Waals surface area contributed by atoms with Gasteiger partial charge >= 0.3 is 0 Å². The first-order valence-corrected chi connectivity index (χ1v) is 12.4. The number of carbonyl (C=O) groups excluding carboxylic acids is 1. The molecule has 0 saturated carbocycles. The molecule has 5 nitrogen and oxygen atoms in total. The number of aryl methyl sites for hydroxylation is 1. The lowest BCUT2D eigenvalue weighted by Crippen LogP contribution is -2.38. The molecular weight excluding hydrogens is 481 g/mol. The van der Waals surface area contributed by atoms with Gasteiger partial charge in [0, 0.05) is 12.1 Å². The minimum Gasteiger partial charge on any atom is -0.329 e. The number of aromatic nitrogens is 2. The Balaban J connectivity index is 1.90. The average molecular weight is 508 g/mol. The van der Waals surface area contributed by atoms with E-state index in [0.717, 1.165) is 18.4 Å². The molecule has 7 heteroatoms. The molecule has 1 unspecified atom stereocenters. The summed E-state index contributed by atoms with van der Waals surface area (Å²) >= 11 is 12.3. The van der Waals surface area contributed by atoms with Gasteiger partial charge in [0.2, 0.25) is 0 Å². The Kier molecular flexibility index (Phi) is 7.58. The van der Waals surface area contributed by atoms with Crippen LogP contribution in [-0.2, 0) is 0 Å². The van der Waals surface area contributed by atoms with Gasteiger partial charge in [-0.05, 0) is 68.3 Å². The van der Waals surface area contributed by atoms with Gasteiger partial charge in [0.1, 0.15) is 5.82 Å². The summed E-state index contributed by atoms with van der Waals surface area (Å²) < 4.78 is 1.63. The fraction of sp³-hybridized carbons (Fsp3) is 0.250. The van der Waals surface area contributed by atoms with Gasteiger partial charge in [-0.15, -0.1) is 0 Å². The van der Waals surface area contributed by atoms with Gasteiger partial charge in [-0.25, -0.2) is 4.98 Å². The van der Waals surface area contributed by atoms with E-state index in [1.165, 1.54) is 0 Å². The van der Waals surface area contributed by atoms with Crippen molar-refractivity contribution in [2.24, 2.45) is 0 Å². The molecule has 4 rings (SSSR count). The van der Waals surface area contributed by atoms with E-state index in [2.05, 4.69) is 6.92 Å². The van der Waals surface area contributed by atoms with Gasteiger partial charge in [-0.3, -0.25) is 14.2 Å². The van der Waals surface area contributed by atoms with Gasteiger partial charge in [-0.1, -0.05) is 60.8 Å². The second-order valence-corrected chi connectivity index (χ2v) is 9.44. The number of carbonyl (C=O) groups is 1. The van der Waals surface area contributed by atoms with Gasteiger partial charge in [-0.2, -0.15) is 0 Å². The van der Waals surface area contributed by atoms with Crippen molar-refractivity contribution in [1.82, 2.24) is 14.5 Å². The lowest BCUT2D eigenvalue weighted by molar-refractivity contribution is 0.0678. The summed E-state index contributed by atoms with van der Waals surface area (Å²) in [7, 11) is 0. The number of amides is 1. The first-order chi connectivity index (χ1) is 16.8. The summed E-state index contributed by atoms with van der Waals surface area (Å²) in [6.45, 7) is 6.47. The van der Waals surface area contributed by atoms with Gasteiger partial charge in [0.15, 0.2) is 0 Å². The Hall–Kier alpha value is -3.15. The van der Waals surface area contributed by atoms with Gasteiger partial charge in [0.25, 0.3) is 11.5 Å². The molecule has 180 valence electrons. The Bertz CT molecular complexity index is 1450. The quantitative estimate of drug-likeness (QED) is 0.270. The molecule has 0 aliphatic heterocycles. The number of hydrogen-bond acceptors (Lipinski definition) is 3. The second kappa shape index (κ2) is 10.6. The van der Waals surface area contributed by atoms with Crippen LogP contribution in [0.15, 0.2) is 71.5 Å². The van der Waals surface area contributed by atoms with Crippen LogP contribution in [0.4, 0.5) is 0 Å². The summed E-state index contributed by atoms with van der Waals surface area (Å²) in [6.07, 6.45) is 1.72. The van der Waals surface area contributed by atoms with Crippen molar-refractivity contribution in [3.8, 4) is 5.69 Å². The predicted molar refractivity (Wildman–Crippen MR) is 143 cm³/mol. The number of unbranched alkanes of at least 4 members (excludes halogenated alkanes) is 1. The zero-order valence-electron chi connectivity index (χ0n) is 20.0. The van der Waals surface area contributed by atoms with Crippen LogP contribution in [0, 0.1) is 6.92 Å². The third kappa shape index (κ3) is 5.12. The lowest BCUT2D eigenvalue weighted by Gasteiger charge is -2.31. The van der Waals surface area contributed by atoms with Crippen molar-refractivity contribution in [3.05, 3.63) is 104 Å². The van der Waals surface area contributed by atoms with E-state index in [4.69, 9.17) is 28.2 Å². The highest BCUT2D eigenvalue weighted by molar-refractivity contribution is 6.42. The molecule has 0 aliphatic rings. The van der Waals surface area contributed by atoms with Crippen LogP contribution < -0.4 is 5.56 Å². The SMILES string of the molecule is CCCCN(C(=O)c1ccc(Cl)c(Cl)c1)C(C)c1nc2ccccc2c(=O)n1-c1cccc(C)c1. The molecule has 0 aliphatic carbocycles. The minimum absolute atomic E-state index is 0.166. The van der Waals surface area contributed by atoms with E-state index in [0.29, 0.717) is 44.6 Å². The average Bonchev–Trinajstić information content (AvgIpc) is 2.85. The molecular formula is C28H27Cl2N3O2. The normalized spacial score (nSPS) is 12.0. The maximum Gasteiger partial charge on any atom is 0.266 e. The Morgan fingerprint density at radius 1 is 1.03 bits per heavy atom. The highest BCUT2D eigenvalue weighted by atomic mass is 35.5. The first-order valence-electron chi connectivity index (χ1n) is 11.7. The van der Waals surface area contributed by atoms with Crippen LogP contribution in [0.2, 0.25) is 10.0 Å². The number of rotatable bonds is 7. The van der Waals surface area contributed by atoms with E-state index in [-0.39, 0.29) is 11.5 Å². The molecule has 35 heavy (non-hydrogen) atoms. The maximum atomic E-state index is 13.7. The minimum atomic E-state index is -0.485. The van der Waals surface area contributed by atoms with Crippen molar-refractivity contribution in [3.63, 3.8) is 0 Å². The summed E-state index contributed by atoms with van der Waals surface area (Å²) in [4.78, 5) is 34.1. The molecule has 1 atom stereocenters. The van der Waals surface area contributed by atoms with Gasteiger partial charge < -0.3 is 4.90 Å². The Morgan fingerprint density at radius 2 is 1.80 bits per heavy atom. The maximum absolute atomic E-state index is 13.7. The zero-order valence-corrected chi connectivity index (χ0v) is 21.5. The molecule has 1 heterocycles. The Morgan fingerprint density at radius 3 is 2.51 bits per heavy atom. The molecule has 4 aromatic rings. The van der Waals surface area contributed by atoms with Crippen molar-refractivity contribution < 1.29 is 4.79 Å². The summed E-state index contributed by atoms with van der Waals surface area (Å²) in [6, 6.07) is 19.4. The van der Waals surface area contributed by atoms with E-state index in [1.807, 2.05) is 56.3 Å².